The molecule has 0 bridgehead atoms. The van der Waals surface area contributed by atoms with Crippen LogP contribution in [0.2, 0.25) is 0 Å². The number of hydrogen-bond donors (Lipinski definition) is 3. The highest BCUT2D eigenvalue weighted by molar-refractivity contribution is 5.88. The first-order valence-corrected chi connectivity index (χ1v) is 6.62. The minimum Gasteiger partial charge on any atom is -0.366 e. The Bertz CT molecular complexity index is 490. The average Bonchev–Trinajstić information content (AvgIpc) is 2.45. The third kappa shape index (κ3) is 5.71. The largest absolute Gasteiger partial charge is 0.366 e. The number of carbonyl (C=O) groups is 2. The number of ether oxygens (including phenoxy) is 1. The number of halogens is 1. The van der Waals surface area contributed by atoms with Crippen molar-refractivity contribution in [3.05, 3.63) is 29.8 Å². The SMILES string of the molecule is CC(=O)Nc1cccc(CNC(=O)C2CNCCO2)c1.Cl. The predicted molar refractivity (Wildman–Crippen MR) is 82.5 cm³/mol. The summed E-state index contributed by atoms with van der Waals surface area (Å²) in [5, 5.41) is 8.65. The molecule has 0 saturated carbocycles. The Morgan fingerprint density at radius 2 is 2.24 bits per heavy atom. The van der Waals surface area contributed by atoms with E-state index in [0.29, 0.717) is 19.7 Å². The van der Waals surface area contributed by atoms with Crippen LogP contribution in [0.1, 0.15) is 12.5 Å². The molecular formula is C14H20ClN3O3. The summed E-state index contributed by atoms with van der Waals surface area (Å²) < 4.78 is 5.37. The number of amides is 2. The molecule has 2 rings (SSSR count). The van der Waals surface area contributed by atoms with Crippen LogP contribution in [0.15, 0.2) is 24.3 Å². The van der Waals surface area contributed by atoms with E-state index < -0.39 is 6.10 Å². The van der Waals surface area contributed by atoms with Gasteiger partial charge in [0.25, 0.3) is 5.91 Å². The highest BCUT2D eigenvalue weighted by atomic mass is 35.5. The van der Waals surface area contributed by atoms with E-state index in [0.717, 1.165) is 17.8 Å². The maximum absolute atomic E-state index is 11.9. The molecule has 7 heteroatoms. The van der Waals surface area contributed by atoms with Crippen molar-refractivity contribution in [2.75, 3.05) is 25.0 Å². The van der Waals surface area contributed by atoms with E-state index in [1.807, 2.05) is 18.2 Å². The molecular weight excluding hydrogens is 294 g/mol. The zero-order valence-corrected chi connectivity index (χ0v) is 12.7. The molecule has 1 atom stereocenters. The second-order valence-electron chi connectivity index (χ2n) is 4.66. The molecule has 0 aromatic heterocycles. The van der Waals surface area contributed by atoms with E-state index in [-0.39, 0.29) is 24.2 Å². The average molecular weight is 314 g/mol. The minimum absolute atomic E-state index is 0. The van der Waals surface area contributed by atoms with E-state index in [4.69, 9.17) is 4.74 Å². The third-order valence-electron chi connectivity index (χ3n) is 2.93. The van der Waals surface area contributed by atoms with E-state index in [2.05, 4.69) is 16.0 Å². The Morgan fingerprint density at radius 3 is 2.90 bits per heavy atom. The number of morpholine rings is 1. The van der Waals surface area contributed by atoms with Crippen molar-refractivity contribution in [1.82, 2.24) is 10.6 Å². The number of nitrogens with one attached hydrogen (secondary N) is 3. The summed E-state index contributed by atoms with van der Waals surface area (Å²) in [4.78, 5) is 22.9. The summed E-state index contributed by atoms with van der Waals surface area (Å²) in [6.45, 7) is 3.74. The third-order valence-corrected chi connectivity index (χ3v) is 2.93. The Morgan fingerprint density at radius 1 is 1.43 bits per heavy atom. The van der Waals surface area contributed by atoms with Gasteiger partial charge in [-0.2, -0.15) is 0 Å². The number of rotatable bonds is 4. The molecule has 116 valence electrons. The topological polar surface area (TPSA) is 79.5 Å². The van der Waals surface area contributed by atoms with Crippen molar-refractivity contribution in [3.8, 4) is 0 Å². The van der Waals surface area contributed by atoms with Crippen molar-refractivity contribution in [2.45, 2.75) is 19.6 Å². The fourth-order valence-corrected chi connectivity index (χ4v) is 2.00. The lowest BCUT2D eigenvalue weighted by Gasteiger charge is -2.22. The first kappa shape index (κ1) is 17.4. The number of hydrogen-bond acceptors (Lipinski definition) is 4. The maximum atomic E-state index is 11.9. The molecule has 0 spiro atoms. The van der Waals surface area contributed by atoms with Gasteiger partial charge in [0.1, 0.15) is 6.10 Å². The van der Waals surface area contributed by atoms with Gasteiger partial charge in [-0.15, -0.1) is 12.4 Å². The molecule has 1 fully saturated rings. The molecule has 1 unspecified atom stereocenters. The van der Waals surface area contributed by atoms with Crippen LogP contribution in [0.5, 0.6) is 0 Å². The lowest BCUT2D eigenvalue weighted by Crippen LogP contribution is -2.47. The molecule has 1 heterocycles. The van der Waals surface area contributed by atoms with Gasteiger partial charge in [0, 0.05) is 32.2 Å². The normalized spacial score (nSPS) is 17.5. The fraction of sp³-hybridized carbons (Fsp3) is 0.429. The summed E-state index contributed by atoms with van der Waals surface area (Å²) in [6.07, 6.45) is -0.428. The van der Waals surface area contributed by atoms with E-state index in [9.17, 15) is 9.59 Å². The number of anilines is 1. The first-order chi connectivity index (χ1) is 9.65. The molecule has 6 nitrogen and oxygen atoms in total. The first-order valence-electron chi connectivity index (χ1n) is 6.62. The second-order valence-corrected chi connectivity index (χ2v) is 4.66. The Balaban J connectivity index is 0.00000220. The van der Waals surface area contributed by atoms with Crippen molar-refractivity contribution >= 4 is 29.9 Å². The van der Waals surface area contributed by atoms with Crippen LogP contribution in [-0.4, -0.2) is 37.6 Å². The number of carbonyl (C=O) groups excluding carboxylic acids is 2. The quantitative estimate of drug-likeness (QED) is 0.763. The van der Waals surface area contributed by atoms with Crippen LogP contribution in [-0.2, 0) is 20.9 Å². The minimum atomic E-state index is -0.428. The smallest absolute Gasteiger partial charge is 0.250 e. The van der Waals surface area contributed by atoms with Crippen molar-refractivity contribution in [3.63, 3.8) is 0 Å². The summed E-state index contributed by atoms with van der Waals surface area (Å²) >= 11 is 0. The molecule has 0 radical (unpaired) electrons. The van der Waals surface area contributed by atoms with Crippen molar-refractivity contribution < 1.29 is 14.3 Å². The summed E-state index contributed by atoms with van der Waals surface area (Å²) in [5.74, 6) is -0.241. The molecule has 3 N–H and O–H groups in total. The van der Waals surface area contributed by atoms with Gasteiger partial charge in [0.15, 0.2) is 0 Å². The lowest BCUT2D eigenvalue weighted by atomic mass is 10.2. The van der Waals surface area contributed by atoms with Crippen LogP contribution in [0, 0.1) is 0 Å². The molecule has 1 aromatic rings. The van der Waals surface area contributed by atoms with Gasteiger partial charge in [0.2, 0.25) is 5.91 Å². The highest BCUT2D eigenvalue weighted by Gasteiger charge is 2.21. The molecule has 1 aliphatic heterocycles. The Labute approximate surface area is 130 Å². The fourth-order valence-electron chi connectivity index (χ4n) is 2.00. The van der Waals surface area contributed by atoms with Gasteiger partial charge < -0.3 is 20.7 Å². The zero-order valence-electron chi connectivity index (χ0n) is 11.8. The standard InChI is InChI=1S/C14H19N3O3.ClH/c1-10(18)17-12-4-2-3-11(7-12)8-16-14(19)13-9-15-5-6-20-13;/h2-4,7,13,15H,5-6,8-9H2,1H3,(H,16,19)(H,17,18);1H. The van der Waals surface area contributed by atoms with Crippen LogP contribution in [0.3, 0.4) is 0 Å². The summed E-state index contributed by atoms with van der Waals surface area (Å²) in [5.41, 5.74) is 1.65. The predicted octanol–water partition coefficient (Wildman–Crippen LogP) is 0.671. The Hall–Kier alpha value is -1.63. The summed E-state index contributed by atoms with van der Waals surface area (Å²) in [7, 11) is 0. The van der Waals surface area contributed by atoms with Crippen molar-refractivity contribution in [1.29, 1.82) is 0 Å². The van der Waals surface area contributed by atoms with Crippen LogP contribution in [0.25, 0.3) is 0 Å². The second kappa shape index (κ2) is 8.61. The molecule has 21 heavy (non-hydrogen) atoms. The monoisotopic (exact) mass is 313 g/mol. The van der Waals surface area contributed by atoms with Gasteiger partial charge in [-0.05, 0) is 17.7 Å². The molecule has 0 aliphatic carbocycles. The van der Waals surface area contributed by atoms with Gasteiger partial charge in [-0.25, -0.2) is 0 Å². The summed E-state index contributed by atoms with van der Waals surface area (Å²) in [6, 6.07) is 7.37. The zero-order chi connectivity index (χ0) is 14.4. The van der Waals surface area contributed by atoms with Gasteiger partial charge in [-0.3, -0.25) is 9.59 Å². The van der Waals surface area contributed by atoms with Gasteiger partial charge in [-0.1, -0.05) is 12.1 Å². The van der Waals surface area contributed by atoms with Gasteiger partial charge >= 0.3 is 0 Å². The molecule has 1 aliphatic rings. The van der Waals surface area contributed by atoms with Crippen LogP contribution >= 0.6 is 12.4 Å². The molecule has 1 saturated heterocycles. The van der Waals surface area contributed by atoms with E-state index in [1.54, 1.807) is 6.07 Å². The highest BCUT2D eigenvalue weighted by Crippen LogP contribution is 2.10. The maximum Gasteiger partial charge on any atom is 0.250 e. The van der Waals surface area contributed by atoms with Crippen molar-refractivity contribution in [2.24, 2.45) is 0 Å². The Kier molecular flexibility index (Phi) is 7.14. The molecule has 2 amide bonds. The lowest BCUT2D eigenvalue weighted by molar-refractivity contribution is -0.134. The molecule has 1 aromatic carbocycles. The van der Waals surface area contributed by atoms with Crippen LogP contribution in [0.4, 0.5) is 5.69 Å². The van der Waals surface area contributed by atoms with E-state index in [1.165, 1.54) is 6.92 Å². The van der Waals surface area contributed by atoms with Crippen LogP contribution < -0.4 is 16.0 Å². The van der Waals surface area contributed by atoms with Gasteiger partial charge in [0.05, 0.1) is 6.61 Å². The number of benzene rings is 1. The van der Waals surface area contributed by atoms with E-state index >= 15 is 0 Å².